The van der Waals surface area contributed by atoms with Crippen molar-refractivity contribution in [1.82, 2.24) is 5.32 Å². The SMILES string of the molecule is N/C=C(\SCNC[C@@H](N)Cc1ccc(C(F)(F)F)cc1)c1ccc(C(N)=O)cc1. The van der Waals surface area contributed by atoms with Gasteiger partial charge >= 0.3 is 6.18 Å². The van der Waals surface area contributed by atoms with Crippen molar-refractivity contribution in [2.45, 2.75) is 18.6 Å². The van der Waals surface area contributed by atoms with Crippen LogP contribution >= 0.6 is 11.8 Å². The monoisotopic (exact) mass is 424 g/mol. The number of thioether (sulfide) groups is 1. The molecule has 2 aromatic rings. The summed E-state index contributed by atoms with van der Waals surface area (Å²) in [5.41, 5.74) is 18.3. The minimum atomic E-state index is -4.34. The average molecular weight is 424 g/mol. The van der Waals surface area contributed by atoms with E-state index in [1.807, 2.05) is 0 Å². The summed E-state index contributed by atoms with van der Waals surface area (Å²) in [6.07, 6.45) is -2.40. The Morgan fingerprint density at radius 2 is 1.66 bits per heavy atom. The molecule has 0 aromatic heterocycles. The van der Waals surface area contributed by atoms with Crippen molar-refractivity contribution in [1.29, 1.82) is 0 Å². The van der Waals surface area contributed by atoms with E-state index in [0.29, 0.717) is 24.4 Å². The molecule has 0 bridgehead atoms. The Kier molecular flexibility index (Phi) is 8.12. The lowest BCUT2D eigenvalue weighted by Gasteiger charge is -2.14. The number of nitrogens with one attached hydrogen (secondary N) is 1. The summed E-state index contributed by atoms with van der Waals surface area (Å²) < 4.78 is 37.8. The summed E-state index contributed by atoms with van der Waals surface area (Å²) in [7, 11) is 0. The van der Waals surface area contributed by atoms with Crippen molar-refractivity contribution in [2.75, 3.05) is 12.4 Å². The highest BCUT2D eigenvalue weighted by Crippen LogP contribution is 2.29. The van der Waals surface area contributed by atoms with E-state index in [1.165, 1.54) is 30.1 Å². The standard InChI is InChI=1S/C20H23F3N4OS/c21-20(22,23)16-7-1-13(2-8-16)9-17(25)11-27-12-29-18(10-24)14-3-5-15(6-4-14)19(26)28/h1-8,10,17,27H,9,11-12,24-25H2,(H2,26,28)/b18-10-/t17-/m0/s1. The van der Waals surface area contributed by atoms with E-state index in [4.69, 9.17) is 17.2 Å². The molecule has 1 amide bonds. The molecule has 0 fully saturated rings. The maximum atomic E-state index is 12.6. The van der Waals surface area contributed by atoms with E-state index in [-0.39, 0.29) is 6.04 Å². The van der Waals surface area contributed by atoms with Gasteiger partial charge in [0, 0.05) is 35.1 Å². The quantitative estimate of drug-likeness (QED) is 0.366. The molecule has 9 heteroatoms. The Morgan fingerprint density at radius 3 is 2.17 bits per heavy atom. The summed E-state index contributed by atoms with van der Waals surface area (Å²) in [5, 5.41) is 3.19. The van der Waals surface area contributed by atoms with Gasteiger partial charge in [-0.15, -0.1) is 11.8 Å². The molecule has 0 radical (unpaired) electrons. The molecule has 5 nitrogen and oxygen atoms in total. The van der Waals surface area contributed by atoms with Crippen LogP contribution in [0.15, 0.2) is 54.7 Å². The number of amides is 1. The summed E-state index contributed by atoms with van der Waals surface area (Å²) >= 11 is 1.47. The Labute approximate surface area is 171 Å². The molecule has 2 rings (SSSR count). The topological polar surface area (TPSA) is 107 Å². The number of alkyl halides is 3. The average Bonchev–Trinajstić information content (AvgIpc) is 2.68. The number of rotatable bonds is 9. The number of nitrogens with two attached hydrogens (primary N) is 3. The molecular formula is C20H23F3N4OS. The molecule has 0 saturated carbocycles. The predicted molar refractivity (Wildman–Crippen MR) is 111 cm³/mol. The minimum Gasteiger partial charge on any atom is -0.404 e. The maximum absolute atomic E-state index is 12.6. The Hall–Kier alpha value is -2.49. The fraction of sp³-hybridized carbons (Fsp3) is 0.250. The smallest absolute Gasteiger partial charge is 0.404 e. The first-order chi connectivity index (χ1) is 13.7. The molecular weight excluding hydrogens is 401 g/mol. The highest BCUT2D eigenvalue weighted by molar-refractivity contribution is 8.08. The van der Waals surface area contributed by atoms with Crippen molar-refractivity contribution in [3.05, 3.63) is 77.0 Å². The Balaban J connectivity index is 1.77. The second-order valence-electron chi connectivity index (χ2n) is 6.37. The van der Waals surface area contributed by atoms with Crippen LogP contribution in [0.1, 0.15) is 27.0 Å². The zero-order valence-electron chi connectivity index (χ0n) is 15.6. The van der Waals surface area contributed by atoms with Gasteiger partial charge in [0.2, 0.25) is 5.91 Å². The first-order valence-electron chi connectivity index (χ1n) is 8.78. The molecule has 156 valence electrons. The summed E-state index contributed by atoms with van der Waals surface area (Å²) in [5.74, 6) is 0.0487. The third-order valence-corrected chi connectivity index (χ3v) is 5.15. The number of hydrogen-bond acceptors (Lipinski definition) is 5. The summed E-state index contributed by atoms with van der Waals surface area (Å²) in [6, 6.07) is 11.6. The van der Waals surface area contributed by atoms with Gasteiger partial charge in [-0.25, -0.2) is 0 Å². The lowest BCUT2D eigenvalue weighted by Crippen LogP contribution is -2.35. The van der Waals surface area contributed by atoms with Crippen molar-refractivity contribution in [3.63, 3.8) is 0 Å². The third-order valence-electron chi connectivity index (χ3n) is 4.12. The van der Waals surface area contributed by atoms with Gasteiger partial charge in [0.25, 0.3) is 0 Å². The fourth-order valence-electron chi connectivity index (χ4n) is 2.60. The predicted octanol–water partition coefficient (Wildman–Crippen LogP) is 2.91. The van der Waals surface area contributed by atoms with Gasteiger partial charge in [0.05, 0.1) is 5.56 Å². The van der Waals surface area contributed by atoms with Crippen molar-refractivity contribution < 1.29 is 18.0 Å². The van der Waals surface area contributed by atoms with Crippen LogP contribution in [0.5, 0.6) is 0 Å². The second kappa shape index (κ2) is 10.3. The highest BCUT2D eigenvalue weighted by Gasteiger charge is 2.29. The lowest BCUT2D eigenvalue weighted by atomic mass is 10.0. The third kappa shape index (κ3) is 7.12. The van der Waals surface area contributed by atoms with Crippen molar-refractivity contribution in [2.24, 2.45) is 17.2 Å². The van der Waals surface area contributed by atoms with Gasteiger partial charge in [0.15, 0.2) is 0 Å². The normalized spacial score (nSPS) is 13.3. The van der Waals surface area contributed by atoms with Crippen LogP contribution in [0.25, 0.3) is 4.91 Å². The van der Waals surface area contributed by atoms with Crippen LogP contribution in [0.2, 0.25) is 0 Å². The fourth-order valence-corrected chi connectivity index (χ4v) is 3.38. The molecule has 0 spiro atoms. The van der Waals surface area contributed by atoms with Crippen LogP contribution in [0.4, 0.5) is 13.2 Å². The Bertz CT molecular complexity index is 836. The maximum Gasteiger partial charge on any atom is 0.416 e. The van der Waals surface area contributed by atoms with E-state index < -0.39 is 17.6 Å². The van der Waals surface area contributed by atoms with Gasteiger partial charge < -0.3 is 22.5 Å². The van der Waals surface area contributed by atoms with Crippen molar-refractivity contribution in [3.8, 4) is 0 Å². The molecule has 29 heavy (non-hydrogen) atoms. The molecule has 7 N–H and O–H groups in total. The number of carbonyl (C=O) groups is 1. The molecule has 0 saturated heterocycles. The largest absolute Gasteiger partial charge is 0.416 e. The van der Waals surface area contributed by atoms with Gasteiger partial charge in [-0.1, -0.05) is 24.3 Å². The number of primary amides is 1. The van der Waals surface area contributed by atoms with Crippen molar-refractivity contribution >= 4 is 22.6 Å². The molecule has 1 atom stereocenters. The number of halogens is 3. The van der Waals surface area contributed by atoms with Gasteiger partial charge in [-0.3, -0.25) is 4.79 Å². The molecule has 2 aromatic carbocycles. The van der Waals surface area contributed by atoms with Gasteiger partial charge in [-0.05, 0) is 41.8 Å². The minimum absolute atomic E-state index is 0.243. The number of carbonyl (C=O) groups excluding carboxylic acids is 1. The van der Waals surface area contributed by atoms with Crippen LogP contribution in [-0.4, -0.2) is 24.4 Å². The molecule has 0 aliphatic heterocycles. The zero-order chi connectivity index (χ0) is 21.4. The van der Waals surface area contributed by atoms with Crippen LogP contribution < -0.4 is 22.5 Å². The van der Waals surface area contributed by atoms with Gasteiger partial charge in [-0.2, -0.15) is 13.2 Å². The number of hydrogen-bond donors (Lipinski definition) is 4. The van der Waals surface area contributed by atoms with Crippen LogP contribution in [0.3, 0.4) is 0 Å². The summed E-state index contributed by atoms with van der Waals surface area (Å²) in [6.45, 7) is 0.493. The van der Waals surface area contributed by atoms with E-state index in [9.17, 15) is 18.0 Å². The highest BCUT2D eigenvalue weighted by atomic mass is 32.2. The van der Waals surface area contributed by atoms with E-state index >= 15 is 0 Å². The van der Waals surface area contributed by atoms with E-state index in [0.717, 1.165) is 28.2 Å². The second-order valence-corrected chi connectivity index (χ2v) is 7.39. The lowest BCUT2D eigenvalue weighted by molar-refractivity contribution is -0.137. The molecule has 0 unspecified atom stereocenters. The first kappa shape index (κ1) is 22.8. The Morgan fingerprint density at radius 1 is 1.07 bits per heavy atom. The molecule has 0 aliphatic rings. The first-order valence-corrected chi connectivity index (χ1v) is 9.76. The molecule has 0 aliphatic carbocycles. The summed E-state index contributed by atoms with van der Waals surface area (Å²) in [4.78, 5) is 11.9. The van der Waals surface area contributed by atoms with E-state index in [2.05, 4.69) is 5.32 Å². The zero-order valence-corrected chi connectivity index (χ0v) is 16.4. The van der Waals surface area contributed by atoms with Gasteiger partial charge in [0.1, 0.15) is 0 Å². The van der Waals surface area contributed by atoms with E-state index in [1.54, 1.807) is 24.3 Å². The van der Waals surface area contributed by atoms with Crippen LogP contribution in [-0.2, 0) is 12.6 Å². The molecule has 0 heterocycles. The number of benzene rings is 2. The van der Waals surface area contributed by atoms with Crippen LogP contribution in [0, 0.1) is 0 Å².